The van der Waals surface area contributed by atoms with E-state index in [0.717, 1.165) is 19.4 Å². The van der Waals surface area contributed by atoms with Crippen molar-refractivity contribution >= 4 is 5.91 Å². The van der Waals surface area contributed by atoms with Gasteiger partial charge in [-0.1, -0.05) is 13.8 Å². The highest BCUT2D eigenvalue weighted by atomic mass is 16.3. The molecule has 1 fully saturated rings. The smallest absolute Gasteiger partial charge is 0.225 e. The number of carbonyl (C=O) groups excluding carboxylic acids is 1. The first-order valence-corrected chi connectivity index (χ1v) is 5.47. The van der Waals surface area contributed by atoms with E-state index in [1.807, 2.05) is 13.8 Å². The minimum absolute atomic E-state index is 0.136. The van der Waals surface area contributed by atoms with Crippen molar-refractivity contribution in [2.75, 3.05) is 13.1 Å². The highest BCUT2D eigenvalue weighted by Crippen LogP contribution is 2.20. The molecule has 0 aliphatic carbocycles. The first-order chi connectivity index (χ1) is 6.46. The Bertz CT molecular complexity index is 213. The number of piperidine rings is 1. The molecule has 14 heavy (non-hydrogen) atoms. The molecule has 0 aromatic carbocycles. The quantitative estimate of drug-likeness (QED) is 0.746. The maximum atomic E-state index is 11.7. The lowest BCUT2D eigenvalue weighted by molar-refractivity contribution is -0.141. The SMILES string of the molecule is CCC(C)(O)CN1CCCC(C)C1=O. The van der Waals surface area contributed by atoms with Crippen molar-refractivity contribution in [1.29, 1.82) is 0 Å². The van der Waals surface area contributed by atoms with E-state index in [9.17, 15) is 9.90 Å². The summed E-state index contributed by atoms with van der Waals surface area (Å²) >= 11 is 0. The van der Waals surface area contributed by atoms with Crippen LogP contribution in [0.25, 0.3) is 0 Å². The third kappa shape index (κ3) is 2.71. The number of likely N-dealkylation sites (tertiary alicyclic amines) is 1. The van der Waals surface area contributed by atoms with Gasteiger partial charge in [0.25, 0.3) is 0 Å². The monoisotopic (exact) mass is 199 g/mol. The van der Waals surface area contributed by atoms with Crippen molar-refractivity contribution in [2.24, 2.45) is 5.92 Å². The third-order valence-electron chi connectivity index (χ3n) is 3.09. The lowest BCUT2D eigenvalue weighted by atomic mass is 9.96. The molecule has 1 rings (SSSR count). The highest BCUT2D eigenvalue weighted by molar-refractivity contribution is 5.79. The molecule has 1 N–H and O–H groups in total. The zero-order chi connectivity index (χ0) is 10.8. The summed E-state index contributed by atoms with van der Waals surface area (Å²) in [6, 6.07) is 0. The van der Waals surface area contributed by atoms with E-state index >= 15 is 0 Å². The molecule has 2 atom stereocenters. The topological polar surface area (TPSA) is 40.5 Å². The maximum absolute atomic E-state index is 11.7. The Morgan fingerprint density at radius 1 is 1.64 bits per heavy atom. The second-order valence-electron chi connectivity index (χ2n) is 4.65. The van der Waals surface area contributed by atoms with Crippen LogP contribution in [-0.2, 0) is 4.79 Å². The fourth-order valence-electron chi connectivity index (χ4n) is 1.81. The van der Waals surface area contributed by atoms with Crippen LogP contribution in [0.5, 0.6) is 0 Å². The van der Waals surface area contributed by atoms with Crippen molar-refractivity contribution in [3.63, 3.8) is 0 Å². The average Bonchev–Trinajstić information content (AvgIpc) is 2.13. The molecule has 2 unspecified atom stereocenters. The summed E-state index contributed by atoms with van der Waals surface area (Å²) in [4.78, 5) is 13.5. The van der Waals surface area contributed by atoms with E-state index in [1.165, 1.54) is 0 Å². The molecule has 0 radical (unpaired) electrons. The number of hydrogen-bond acceptors (Lipinski definition) is 2. The Morgan fingerprint density at radius 3 is 2.86 bits per heavy atom. The minimum Gasteiger partial charge on any atom is -0.388 e. The Kier molecular flexibility index (Phi) is 3.53. The van der Waals surface area contributed by atoms with Gasteiger partial charge in [0.15, 0.2) is 0 Å². The predicted molar refractivity (Wildman–Crippen MR) is 55.9 cm³/mol. The van der Waals surface area contributed by atoms with Crippen LogP contribution in [0.15, 0.2) is 0 Å². The molecule has 1 heterocycles. The predicted octanol–water partition coefficient (Wildman–Crippen LogP) is 1.41. The maximum Gasteiger partial charge on any atom is 0.225 e. The fraction of sp³-hybridized carbons (Fsp3) is 0.909. The third-order valence-corrected chi connectivity index (χ3v) is 3.09. The van der Waals surface area contributed by atoms with Gasteiger partial charge in [-0.2, -0.15) is 0 Å². The molecule has 0 saturated carbocycles. The summed E-state index contributed by atoms with van der Waals surface area (Å²) in [6.45, 7) is 6.98. The fourth-order valence-corrected chi connectivity index (χ4v) is 1.81. The van der Waals surface area contributed by atoms with Gasteiger partial charge in [-0.3, -0.25) is 4.79 Å². The minimum atomic E-state index is -0.729. The van der Waals surface area contributed by atoms with Crippen LogP contribution in [0.2, 0.25) is 0 Å². The molecule has 0 spiro atoms. The van der Waals surface area contributed by atoms with Crippen LogP contribution in [0.4, 0.5) is 0 Å². The van der Waals surface area contributed by atoms with E-state index in [0.29, 0.717) is 13.0 Å². The van der Waals surface area contributed by atoms with Gasteiger partial charge >= 0.3 is 0 Å². The second kappa shape index (κ2) is 4.30. The standard InChI is InChI=1S/C11H21NO2/c1-4-11(3,14)8-12-7-5-6-9(2)10(12)13/h9,14H,4-8H2,1-3H3. The van der Waals surface area contributed by atoms with Gasteiger partial charge in [0.1, 0.15) is 0 Å². The number of rotatable bonds is 3. The Morgan fingerprint density at radius 2 is 2.29 bits per heavy atom. The summed E-state index contributed by atoms with van der Waals surface area (Å²) in [5.74, 6) is 0.335. The van der Waals surface area contributed by atoms with Crippen LogP contribution in [0.3, 0.4) is 0 Å². The number of carbonyl (C=O) groups is 1. The molecule has 3 heteroatoms. The van der Waals surface area contributed by atoms with Gasteiger partial charge < -0.3 is 10.0 Å². The van der Waals surface area contributed by atoms with Crippen LogP contribution in [0.1, 0.15) is 40.0 Å². The number of aliphatic hydroxyl groups is 1. The van der Waals surface area contributed by atoms with Gasteiger partial charge in [0.05, 0.1) is 5.60 Å². The van der Waals surface area contributed by atoms with Crippen molar-refractivity contribution in [3.8, 4) is 0 Å². The van der Waals surface area contributed by atoms with Crippen LogP contribution >= 0.6 is 0 Å². The van der Waals surface area contributed by atoms with E-state index < -0.39 is 5.60 Å². The van der Waals surface area contributed by atoms with Gasteiger partial charge in [-0.05, 0) is 26.2 Å². The van der Waals surface area contributed by atoms with Crippen LogP contribution in [-0.4, -0.2) is 34.6 Å². The van der Waals surface area contributed by atoms with Gasteiger partial charge in [-0.25, -0.2) is 0 Å². The van der Waals surface area contributed by atoms with E-state index in [4.69, 9.17) is 0 Å². The zero-order valence-electron chi connectivity index (χ0n) is 9.42. The normalized spacial score (nSPS) is 27.6. The largest absolute Gasteiger partial charge is 0.388 e. The Labute approximate surface area is 86.1 Å². The summed E-state index contributed by atoms with van der Waals surface area (Å²) in [5.41, 5.74) is -0.729. The Balaban J connectivity index is 2.55. The lowest BCUT2D eigenvalue weighted by Gasteiger charge is -2.35. The summed E-state index contributed by atoms with van der Waals surface area (Å²) in [7, 11) is 0. The highest BCUT2D eigenvalue weighted by Gasteiger charge is 2.30. The van der Waals surface area contributed by atoms with Gasteiger partial charge in [0, 0.05) is 19.0 Å². The first kappa shape index (κ1) is 11.5. The van der Waals surface area contributed by atoms with E-state index in [2.05, 4.69) is 0 Å². The molecular weight excluding hydrogens is 178 g/mol. The average molecular weight is 199 g/mol. The molecule has 0 bridgehead atoms. The molecule has 82 valence electrons. The van der Waals surface area contributed by atoms with Crippen molar-refractivity contribution in [1.82, 2.24) is 4.90 Å². The van der Waals surface area contributed by atoms with Crippen molar-refractivity contribution in [2.45, 2.75) is 45.6 Å². The van der Waals surface area contributed by atoms with Crippen molar-refractivity contribution < 1.29 is 9.90 Å². The van der Waals surface area contributed by atoms with E-state index in [-0.39, 0.29) is 11.8 Å². The molecule has 0 aromatic rings. The number of hydrogen-bond donors (Lipinski definition) is 1. The van der Waals surface area contributed by atoms with Gasteiger partial charge in [-0.15, -0.1) is 0 Å². The zero-order valence-corrected chi connectivity index (χ0v) is 9.42. The van der Waals surface area contributed by atoms with Crippen LogP contribution in [0, 0.1) is 5.92 Å². The van der Waals surface area contributed by atoms with Crippen molar-refractivity contribution in [3.05, 3.63) is 0 Å². The number of amides is 1. The number of β-amino-alcohol motifs (C(OH)–C–C–N with tert-alkyl or cyclic N) is 1. The first-order valence-electron chi connectivity index (χ1n) is 5.47. The lowest BCUT2D eigenvalue weighted by Crippen LogP contribution is -2.48. The molecule has 3 nitrogen and oxygen atoms in total. The van der Waals surface area contributed by atoms with E-state index in [1.54, 1.807) is 11.8 Å². The molecule has 0 aromatic heterocycles. The Hall–Kier alpha value is -0.570. The second-order valence-corrected chi connectivity index (χ2v) is 4.65. The van der Waals surface area contributed by atoms with Crippen LogP contribution < -0.4 is 0 Å². The number of nitrogens with zero attached hydrogens (tertiary/aromatic N) is 1. The molecule has 1 amide bonds. The summed E-state index contributed by atoms with van der Waals surface area (Å²) < 4.78 is 0. The summed E-state index contributed by atoms with van der Waals surface area (Å²) in [5, 5.41) is 9.89. The molecule has 1 saturated heterocycles. The molecule has 1 aliphatic rings. The molecular formula is C11H21NO2. The van der Waals surface area contributed by atoms with Gasteiger partial charge in [0.2, 0.25) is 5.91 Å². The molecule has 1 aliphatic heterocycles. The summed E-state index contributed by atoms with van der Waals surface area (Å²) in [6.07, 6.45) is 2.74.